The molecule has 19 heavy (non-hydrogen) atoms. The van der Waals surface area contributed by atoms with E-state index in [1.165, 1.54) is 6.07 Å². The Morgan fingerprint density at radius 1 is 1.32 bits per heavy atom. The number of sulfone groups is 1. The van der Waals surface area contributed by atoms with E-state index in [2.05, 4.69) is 10.6 Å². The van der Waals surface area contributed by atoms with Gasteiger partial charge >= 0.3 is 6.03 Å². The van der Waals surface area contributed by atoms with Gasteiger partial charge in [0, 0.05) is 11.1 Å². The molecular weight excluding hydrogens is 311 g/mol. The minimum Gasteiger partial charge on any atom is -0.334 e. The topological polar surface area (TPSA) is 75.3 Å². The molecule has 2 N–H and O–H groups in total. The maximum absolute atomic E-state index is 11.7. The van der Waals surface area contributed by atoms with E-state index in [9.17, 15) is 13.2 Å². The summed E-state index contributed by atoms with van der Waals surface area (Å²) in [6.07, 6.45) is 0.435. The van der Waals surface area contributed by atoms with Crippen molar-refractivity contribution in [1.82, 2.24) is 5.32 Å². The third-order valence-electron chi connectivity index (χ3n) is 2.75. The van der Waals surface area contributed by atoms with Crippen LogP contribution in [0.5, 0.6) is 0 Å². The molecule has 0 spiro atoms. The number of urea groups is 1. The number of benzene rings is 1. The first-order valence-electron chi connectivity index (χ1n) is 5.59. The van der Waals surface area contributed by atoms with Gasteiger partial charge in [-0.05, 0) is 24.6 Å². The highest BCUT2D eigenvalue weighted by molar-refractivity contribution is 7.91. The van der Waals surface area contributed by atoms with E-state index in [0.29, 0.717) is 22.2 Å². The SMILES string of the molecule is O=C(Nc1ccc(Cl)cc1Cl)NC1CCS(=O)(=O)C1. The van der Waals surface area contributed by atoms with Gasteiger partial charge in [-0.15, -0.1) is 0 Å². The first-order chi connectivity index (χ1) is 8.85. The quantitative estimate of drug-likeness (QED) is 0.877. The van der Waals surface area contributed by atoms with Crippen molar-refractivity contribution in [2.45, 2.75) is 12.5 Å². The molecule has 5 nitrogen and oxygen atoms in total. The lowest BCUT2D eigenvalue weighted by Gasteiger charge is -2.12. The fourth-order valence-corrected chi connectivity index (χ4v) is 3.97. The van der Waals surface area contributed by atoms with Gasteiger partial charge in [-0.1, -0.05) is 23.2 Å². The monoisotopic (exact) mass is 322 g/mol. The summed E-state index contributed by atoms with van der Waals surface area (Å²) in [6, 6.07) is 3.86. The second-order valence-corrected chi connectivity index (χ2v) is 7.39. The number of carbonyl (C=O) groups is 1. The number of halogens is 2. The molecular formula is C11H12Cl2N2O3S. The molecule has 1 aromatic rings. The Hall–Kier alpha value is -0.980. The van der Waals surface area contributed by atoms with Crippen LogP contribution in [0.2, 0.25) is 10.0 Å². The average molecular weight is 323 g/mol. The largest absolute Gasteiger partial charge is 0.334 e. The first-order valence-corrected chi connectivity index (χ1v) is 8.16. The van der Waals surface area contributed by atoms with Crippen molar-refractivity contribution in [3.63, 3.8) is 0 Å². The van der Waals surface area contributed by atoms with Crippen LogP contribution in [-0.4, -0.2) is 32.0 Å². The second-order valence-electron chi connectivity index (χ2n) is 4.32. The minimum atomic E-state index is -3.01. The van der Waals surface area contributed by atoms with E-state index < -0.39 is 15.9 Å². The standard InChI is InChI=1S/C11H12Cl2N2O3S/c12-7-1-2-10(9(13)5-7)15-11(16)14-8-3-4-19(17,18)6-8/h1-2,5,8H,3-4,6H2,(H2,14,15,16). The summed E-state index contributed by atoms with van der Waals surface area (Å²) in [4.78, 5) is 11.7. The van der Waals surface area contributed by atoms with E-state index >= 15 is 0 Å². The molecule has 104 valence electrons. The maximum atomic E-state index is 11.7. The molecule has 2 amide bonds. The lowest BCUT2D eigenvalue weighted by Crippen LogP contribution is -2.38. The summed E-state index contributed by atoms with van der Waals surface area (Å²) in [6.45, 7) is 0. The molecule has 1 atom stereocenters. The zero-order valence-electron chi connectivity index (χ0n) is 9.82. The minimum absolute atomic E-state index is 0.0191. The van der Waals surface area contributed by atoms with Gasteiger partial charge in [0.15, 0.2) is 9.84 Å². The highest BCUT2D eigenvalue weighted by Gasteiger charge is 2.28. The Morgan fingerprint density at radius 2 is 2.05 bits per heavy atom. The Bertz CT molecular complexity index is 604. The third kappa shape index (κ3) is 3.99. The number of carbonyl (C=O) groups excluding carboxylic acids is 1. The summed E-state index contributed by atoms with van der Waals surface area (Å²) in [7, 11) is -3.01. The summed E-state index contributed by atoms with van der Waals surface area (Å²) in [5.74, 6) is 0.0917. The molecule has 1 unspecified atom stereocenters. The average Bonchev–Trinajstić information content (AvgIpc) is 2.62. The molecule has 0 saturated carbocycles. The Balaban J connectivity index is 1.95. The van der Waals surface area contributed by atoms with Crippen molar-refractivity contribution in [1.29, 1.82) is 0 Å². The normalized spacial score (nSPS) is 21.1. The van der Waals surface area contributed by atoms with E-state index in [1.54, 1.807) is 12.1 Å². The summed E-state index contributed by atoms with van der Waals surface area (Å²) < 4.78 is 22.5. The Labute approximate surface area is 121 Å². The molecule has 0 aliphatic carbocycles. The lowest BCUT2D eigenvalue weighted by molar-refractivity contribution is 0.249. The smallest absolute Gasteiger partial charge is 0.319 e. The number of rotatable bonds is 2. The van der Waals surface area contributed by atoms with Crippen molar-refractivity contribution in [2.75, 3.05) is 16.8 Å². The predicted molar refractivity (Wildman–Crippen MR) is 75.7 cm³/mol. The summed E-state index contributed by atoms with van der Waals surface area (Å²) in [5.41, 5.74) is 0.421. The van der Waals surface area contributed by atoms with E-state index in [0.717, 1.165) is 0 Å². The number of nitrogens with one attached hydrogen (secondary N) is 2. The molecule has 1 saturated heterocycles. The zero-order chi connectivity index (χ0) is 14.0. The molecule has 0 radical (unpaired) electrons. The van der Waals surface area contributed by atoms with Crippen molar-refractivity contribution in [3.8, 4) is 0 Å². The fraction of sp³-hybridized carbons (Fsp3) is 0.364. The second kappa shape index (κ2) is 5.56. The van der Waals surface area contributed by atoms with Crippen LogP contribution in [0.1, 0.15) is 6.42 Å². The van der Waals surface area contributed by atoms with Crippen LogP contribution in [0.15, 0.2) is 18.2 Å². The van der Waals surface area contributed by atoms with Crippen LogP contribution in [0.25, 0.3) is 0 Å². The molecule has 0 bridgehead atoms. The van der Waals surface area contributed by atoms with Gasteiger partial charge in [-0.3, -0.25) is 0 Å². The van der Waals surface area contributed by atoms with Crippen LogP contribution in [-0.2, 0) is 9.84 Å². The van der Waals surface area contributed by atoms with Gasteiger partial charge in [0.05, 0.1) is 22.2 Å². The number of amides is 2. The van der Waals surface area contributed by atoms with Crippen LogP contribution in [0, 0.1) is 0 Å². The highest BCUT2D eigenvalue weighted by atomic mass is 35.5. The van der Waals surface area contributed by atoms with E-state index in [1.807, 2.05) is 0 Å². The summed E-state index contributed by atoms with van der Waals surface area (Å²) >= 11 is 11.7. The van der Waals surface area contributed by atoms with Crippen molar-refractivity contribution in [3.05, 3.63) is 28.2 Å². The first kappa shape index (κ1) is 14.4. The lowest BCUT2D eigenvalue weighted by atomic mass is 10.3. The van der Waals surface area contributed by atoms with Crippen LogP contribution >= 0.6 is 23.2 Å². The molecule has 1 fully saturated rings. The van der Waals surface area contributed by atoms with Crippen LogP contribution in [0.4, 0.5) is 10.5 Å². The van der Waals surface area contributed by atoms with Gasteiger partial charge < -0.3 is 10.6 Å². The van der Waals surface area contributed by atoms with Gasteiger partial charge in [0.1, 0.15) is 0 Å². The van der Waals surface area contributed by atoms with Crippen molar-refractivity contribution in [2.24, 2.45) is 0 Å². The zero-order valence-corrected chi connectivity index (χ0v) is 12.1. The number of anilines is 1. The highest BCUT2D eigenvalue weighted by Crippen LogP contribution is 2.25. The Kier molecular flexibility index (Phi) is 4.23. The molecule has 8 heteroatoms. The van der Waals surface area contributed by atoms with E-state index in [-0.39, 0.29) is 17.5 Å². The molecule has 2 rings (SSSR count). The van der Waals surface area contributed by atoms with Gasteiger partial charge in [-0.2, -0.15) is 0 Å². The van der Waals surface area contributed by atoms with Crippen LogP contribution < -0.4 is 10.6 Å². The molecule has 1 aliphatic rings. The van der Waals surface area contributed by atoms with Gasteiger partial charge in [0.25, 0.3) is 0 Å². The van der Waals surface area contributed by atoms with Crippen molar-refractivity contribution >= 4 is 44.8 Å². The van der Waals surface area contributed by atoms with Crippen molar-refractivity contribution < 1.29 is 13.2 Å². The molecule has 1 aliphatic heterocycles. The third-order valence-corrected chi connectivity index (χ3v) is 5.06. The molecule has 0 aromatic heterocycles. The number of hydrogen-bond donors (Lipinski definition) is 2. The van der Waals surface area contributed by atoms with Crippen LogP contribution in [0.3, 0.4) is 0 Å². The van der Waals surface area contributed by atoms with Gasteiger partial charge in [-0.25, -0.2) is 13.2 Å². The molecule has 1 aromatic carbocycles. The maximum Gasteiger partial charge on any atom is 0.319 e. The van der Waals surface area contributed by atoms with E-state index in [4.69, 9.17) is 23.2 Å². The predicted octanol–water partition coefficient (Wildman–Crippen LogP) is 2.30. The fourth-order valence-electron chi connectivity index (χ4n) is 1.84. The summed E-state index contributed by atoms with van der Waals surface area (Å²) in [5, 5.41) is 5.95. The number of hydrogen-bond acceptors (Lipinski definition) is 3. The van der Waals surface area contributed by atoms with Gasteiger partial charge in [0.2, 0.25) is 0 Å². The molecule has 1 heterocycles. The Morgan fingerprint density at radius 3 is 2.63 bits per heavy atom.